The number of thioether (sulfide) groups is 1. The molecule has 0 spiro atoms. The molecule has 1 aliphatic heterocycles. The summed E-state index contributed by atoms with van der Waals surface area (Å²) in [5, 5.41) is 3.04. The molecule has 5 nitrogen and oxygen atoms in total. The standard InChI is InChI=1S/C9H13N3O2S2/c1-4-6(15)5(7(10)13)8(16-4)11-9(14)12(2)3/h4H,1-3H3,(H2,10,13)(H,11,14). The molecular formula is C9H13N3O2S2. The number of carbonyl (C=O) groups excluding carboxylic acids is 2. The van der Waals surface area contributed by atoms with E-state index >= 15 is 0 Å². The lowest BCUT2D eigenvalue weighted by molar-refractivity contribution is -0.114. The molecule has 3 N–H and O–H groups in total. The largest absolute Gasteiger partial charge is 0.365 e. The zero-order chi connectivity index (χ0) is 12.5. The molecule has 1 unspecified atom stereocenters. The van der Waals surface area contributed by atoms with Crippen molar-refractivity contribution in [2.45, 2.75) is 12.2 Å². The highest BCUT2D eigenvalue weighted by Crippen LogP contribution is 2.33. The Morgan fingerprint density at radius 1 is 1.50 bits per heavy atom. The van der Waals surface area contributed by atoms with E-state index in [9.17, 15) is 9.59 Å². The fourth-order valence-corrected chi connectivity index (χ4v) is 2.60. The third-order valence-corrected chi connectivity index (χ3v) is 3.85. The number of thiocarbonyl (C=S) groups is 1. The number of nitrogens with two attached hydrogens (primary N) is 1. The molecule has 0 radical (unpaired) electrons. The van der Waals surface area contributed by atoms with E-state index in [2.05, 4.69) is 5.32 Å². The normalized spacial score (nSPS) is 19.9. The first-order valence-electron chi connectivity index (χ1n) is 4.57. The fraction of sp³-hybridized carbons (Fsp3) is 0.444. The van der Waals surface area contributed by atoms with Crippen molar-refractivity contribution < 1.29 is 9.59 Å². The molecule has 0 saturated carbocycles. The second-order valence-corrected chi connectivity index (χ2v) is 5.31. The Labute approximate surface area is 103 Å². The van der Waals surface area contributed by atoms with E-state index in [1.54, 1.807) is 14.1 Å². The molecule has 3 amide bonds. The van der Waals surface area contributed by atoms with Crippen LogP contribution in [-0.2, 0) is 4.79 Å². The summed E-state index contributed by atoms with van der Waals surface area (Å²) in [6.45, 7) is 1.87. The molecule has 0 fully saturated rings. The van der Waals surface area contributed by atoms with Crippen LogP contribution in [0.4, 0.5) is 4.79 Å². The number of primary amides is 1. The lowest BCUT2D eigenvalue weighted by Crippen LogP contribution is -2.34. The van der Waals surface area contributed by atoms with Gasteiger partial charge in [0.2, 0.25) is 0 Å². The van der Waals surface area contributed by atoms with Gasteiger partial charge in [0.25, 0.3) is 5.91 Å². The summed E-state index contributed by atoms with van der Waals surface area (Å²) in [5.41, 5.74) is 5.48. The van der Waals surface area contributed by atoms with E-state index in [0.29, 0.717) is 9.89 Å². The Morgan fingerprint density at radius 3 is 2.50 bits per heavy atom. The van der Waals surface area contributed by atoms with Gasteiger partial charge in [-0.2, -0.15) is 0 Å². The molecular weight excluding hydrogens is 246 g/mol. The van der Waals surface area contributed by atoms with Crippen LogP contribution in [0.3, 0.4) is 0 Å². The van der Waals surface area contributed by atoms with Crippen molar-refractivity contribution in [2.24, 2.45) is 5.73 Å². The summed E-state index contributed by atoms with van der Waals surface area (Å²) in [6.07, 6.45) is 0. The van der Waals surface area contributed by atoms with Crippen molar-refractivity contribution in [1.29, 1.82) is 0 Å². The van der Waals surface area contributed by atoms with Crippen LogP contribution < -0.4 is 11.1 Å². The molecule has 1 rings (SSSR count). The third-order valence-electron chi connectivity index (χ3n) is 2.01. The van der Waals surface area contributed by atoms with Gasteiger partial charge in [0.1, 0.15) is 0 Å². The molecule has 1 heterocycles. The van der Waals surface area contributed by atoms with Crippen molar-refractivity contribution in [3.05, 3.63) is 10.6 Å². The van der Waals surface area contributed by atoms with Crippen LogP contribution in [-0.4, -0.2) is 41.0 Å². The van der Waals surface area contributed by atoms with Crippen molar-refractivity contribution >= 4 is 40.8 Å². The molecule has 1 aliphatic rings. The van der Waals surface area contributed by atoms with Crippen molar-refractivity contribution in [3.8, 4) is 0 Å². The van der Waals surface area contributed by atoms with E-state index in [-0.39, 0.29) is 16.9 Å². The summed E-state index contributed by atoms with van der Waals surface area (Å²) in [4.78, 5) is 24.5. The molecule has 0 aliphatic carbocycles. The van der Waals surface area contributed by atoms with E-state index < -0.39 is 5.91 Å². The minimum absolute atomic E-state index is 0.0186. The Hall–Kier alpha value is -1.08. The molecule has 88 valence electrons. The zero-order valence-corrected chi connectivity index (χ0v) is 10.9. The number of nitrogens with zero attached hydrogens (tertiary/aromatic N) is 1. The topological polar surface area (TPSA) is 75.4 Å². The summed E-state index contributed by atoms with van der Waals surface area (Å²) in [6, 6.07) is -0.307. The number of urea groups is 1. The highest BCUT2D eigenvalue weighted by Gasteiger charge is 2.31. The maximum Gasteiger partial charge on any atom is 0.321 e. The highest BCUT2D eigenvalue weighted by molar-refractivity contribution is 8.06. The van der Waals surface area contributed by atoms with Crippen LogP contribution in [0, 0.1) is 0 Å². The van der Waals surface area contributed by atoms with Crippen LogP contribution in [0.5, 0.6) is 0 Å². The number of hydrogen-bond acceptors (Lipinski definition) is 4. The third kappa shape index (κ3) is 2.53. The van der Waals surface area contributed by atoms with Gasteiger partial charge in [0.05, 0.1) is 10.6 Å². The van der Waals surface area contributed by atoms with Gasteiger partial charge in [0, 0.05) is 24.2 Å². The van der Waals surface area contributed by atoms with Crippen molar-refractivity contribution in [2.75, 3.05) is 14.1 Å². The first-order valence-corrected chi connectivity index (χ1v) is 5.86. The van der Waals surface area contributed by atoms with Crippen LogP contribution in [0.15, 0.2) is 10.6 Å². The van der Waals surface area contributed by atoms with E-state index in [4.69, 9.17) is 18.0 Å². The minimum atomic E-state index is -0.601. The molecule has 0 saturated heterocycles. The van der Waals surface area contributed by atoms with Gasteiger partial charge in [-0.05, 0) is 6.92 Å². The van der Waals surface area contributed by atoms with Gasteiger partial charge in [-0.3, -0.25) is 4.79 Å². The molecule has 0 bridgehead atoms. The Balaban J connectivity index is 2.96. The average molecular weight is 259 g/mol. The smallest absolute Gasteiger partial charge is 0.321 e. The van der Waals surface area contributed by atoms with Crippen LogP contribution in [0.25, 0.3) is 0 Å². The van der Waals surface area contributed by atoms with Gasteiger partial charge in [0.15, 0.2) is 0 Å². The number of rotatable bonds is 2. The lowest BCUT2D eigenvalue weighted by Gasteiger charge is -2.12. The van der Waals surface area contributed by atoms with Crippen LogP contribution >= 0.6 is 24.0 Å². The van der Waals surface area contributed by atoms with Gasteiger partial charge < -0.3 is 16.0 Å². The predicted octanol–water partition coefficient (Wildman–Crippen LogP) is 0.460. The SMILES string of the molecule is CC1SC(NC(=O)N(C)C)=C(C(N)=O)C1=S. The van der Waals surface area contributed by atoms with Gasteiger partial charge in [-0.25, -0.2) is 4.79 Å². The Bertz CT molecular complexity index is 390. The second kappa shape index (κ2) is 4.84. The monoisotopic (exact) mass is 259 g/mol. The fourth-order valence-electron chi connectivity index (χ4n) is 1.14. The maximum absolute atomic E-state index is 11.5. The average Bonchev–Trinajstić information content (AvgIpc) is 2.42. The minimum Gasteiger partial charge on any atom is -0.365 e. The molecule has 0 aromatic rings. The summed E-state index contributed by atoms with van der Waals surface area (Å²) in [5.74, 6) is -0.601. The summed E-state index contributed by atoms with van der Waals surface area (Å²) in [7, 11) is 3.22. The first-order chi connectivity index (χ1) is 7.34. The van der Waals surface area contributed by atoms with E-state index in [1.807, 2.05) is 6.92 Å². The molecule has 0 aromatic carbocycles. The van der Waals surface area contributed by atoms with Crippen LogP contribution in [0.2, 0.25) is 0 Å². The van der Waals surface area contributed by atoms with Crippen molar-refractivity contribution in [1.82, 2.24) is 10.2 Å². The quantitative estimate of drug-likeness (QED) is 0.706. The lowest BCUT2D eigenvalue weighted by atomic mass is 10.1. The number of carbonyl (C=O) groups is 2. The molecule has 16 heavy (non-hydrogen) atoms. The first kappa shape index (κ1) is 13.0. The number of amides is 3. The van der Waals surface area contributed by atoms with Gasteiger partial charge in [-0.15, -0.1) is 0 Å². The highest BCUT2D eigenvalue weighted by atomic mass is 32.2. The molecule has 0 aromatic heterocycles. The van der Waals surface area contributed by atoms with Crippen LogP contribution in [0.1, 0.15) is 6.92 Å². The predicted molar refractivity (Wildman–Crippen MR) is 68.1 cm³/mol. The second-order valence-electron chi connectivity index (χ2n) is 3.52. The van der Waals surface area contributed by atoms with E-state index in [1.165, 1.54) is 16.7 Å². The Morgan fingerprint density at radius 2 is 2.06 bits per heavy atom. The Kier molecular flexibility index (Phi) is 3.93. The van der Waals surface area contributed by atoms with Gasteiger partial charge >= 0.3 is 6.03 Å². The van der Waals surface area contributed by atoms with Crippen molar-refractivity contribution in [3.63, 3.8) is 0 Å². The number of hydrogen-bond donors (Lipinski definition) is 2. The molecule has 1 atom stereocenters. The van der Waals surface area contributed by atoms with Gasteiger partial charge in [-0.1, -0.05) is 24.0 Å². The number of nitrogens with one attached hydrogen (secondary N) is 1. The summed E-state index contributed by atoms with van der Waals surface area (Å²) < 4.78 is 0. The maximum atomic E-state index is 11.5. The summed E-state index contributed by atoms with van der Waals surface area (Å²) >= 11 is 6.43. The van der Waals surface area contributed by atoms with E-state index in [0.717, 1.165) is 0 Å². The molecule has 7 heteroatoms. The zero-order valence-electron chi connectivity index (χ0n) is 9.23.